The number of hydrogen-bond donors (Lipinski definition) is 0. The Hall–Kier alpha value is -1.42. The van der Waals surface area contributed by atoms with Crippen LogP contribution in [0.5, 0.6) is 0 Å². The standard InChI is InChI=1S/C13H13BrN2O/c1-2-8-16-9-7-15-13(16)12(17)10-5-3-4-6-11(10)14/h3-7,9H,2,8H2,1H3. The molecule has 4 heteroatoms. The van der Waals surface area contributed by atoms with Crippen LogP contribution in [-0.4, -0.2) is 15.3 Å². The van der Waals surface area contributed by atoms with Crippen LogP contribution in [-0.2, 0) is 6.54 Å². The van der Waals surface area contributed by atoms with Gasteiger partial charge in [-0.1, -0.05) is 35.0 Å². The number of aryl methyl sites for hydroxylation is 1. The number of ketones is 1. The molecule has 0 N–H and O–H groups in total. The Morgan fingerprint density at radius 3 is 2.88 bits per heavy atom. The molecule has 0 aliphatic carbocycles. The van der Waals surface area contributed by atoms with Crippen molar-refractivity contribution in [1.82, 2.24) is 9.55 Å². The van der Waals surface area contributed by atoms with Gasteiger partial charge in [0.1, 0.15) is 0 Å². The summed E-state index contributed by atoms with van der Waals surface area (Å²) < 4.78 is 2.69. The maximum Gasteiger partial charge on any atom is 0.229 e. The molecule has 0 fully saturated rings. The van der Waals surface area contributed by atoms with Crippen LogP contribution in [0.4, 0.5) is 0 Å². The number of aromatic nitrogens is 2. The van der Waals surface area contributed by atoms with Crippen LogP contribution >= 0.6 is 15.9 Å². The first-order valence-electron chi connectivity index (χ1n) is 5.54. The molecule has 0 spiro atoms. The molecule has 3 nitrogen and oxygen atoms in total. The summed E-state index contributed by atoms with van der Waals surface area (Å²) in [6, 6.07) is 7.40. The minimum atomic E-state index is -0.0454. The lowest BCUT2D eigenvalue weighted by molar-refractivity contribution is 0.102. The topological polar surface area (TPSA) is 34.9 Å². The number of halogens is 1. The fourth-order valence-electron chi connectivity index (χ4n) is 1.71. The van der Waals surface area contributed by atoms with Gasteiger partial charge in [0.15, 0.2) is 5.82 Å². The quantitative estimate of drug-likeness (QED) is 0.811. The number of rotatable bonds is 4. The third kappa shape index (κ3) is 2.47. The van der Waals surface area contributed by atoms with Gasteiger partial charge in [-0.3, -0.25) is 4.79 Å². The highest BCUT2D eigenvalue weighted by Gasteiger charge is 2.16. The highest BCUT2D eigenvalue weighted by molar-refractivity contribution is 9.10. The summed E-state index contributed by atoms with van der Waals surface area (Å²) in [5.41, 5.74) is 0.649. The number of imidazole rings is 1. The highest BCUT2D eigenvalue weighted by atomic mass is 79.9. The molecule has 0 amide bonds. The normalized spacial score (nSPS) is 10.5. The Labute approximate surface area is 109 Å². The first kappa shape index (κ1) is 12.0. The SMILES string of the molecule is CCCn1ccnc1C(=O)c1ccccc1Br. The molecule has 0 atom stereocenters. The van der Waals surface area contributed by atoms with E-state index < -0.39 is 0 Å². The number of carbonyl (C=O) groups is 1. The van der Waals surface area contributed by atoms with Gasteiger partial charge in [-0.25, -0.2) is 4.98 Å². The Morgan fingerprint density at radius 2 is 2.18 bits per heavy atom. The van der Waals surface area contributed by atoms with Crippen molar-refractivity contribution in [3.8, 4) is 0 Å². The minimum Gasteiger partial charge on any atom is -0.328 e. The van der Waals surface area contributed by atoms with E-state index in [9.17, 15) is 4.79 Å². The van der Waals surface area contributed by atoms with Crippen molar-refractivity contribution in [3.05, 3.63) is 52.5 Å². The Balaban J connectivity index is 2.37. The molecule has 0 radical (unpaired) electrons. The number of nitrogens with zero attached hydrogens (tertiary/aromatic N) is 2. The molecular formula is C13H13BrN2O. The van der Waals surface area contributed by atoms with Crippen molar-refractivity contribution in [2.24, 2.45) is 0 Å². The van der Waals surface area contributed by atoms with Crippen molar-refractivity contribution in [3.63, 3.8) is 0 Å². The molecule has 1 aromatic carbocycles. The average molecular weight is 293 g/mol. The fraction of sp³-hybridized carbons (Fsp3) is 0.231. The molecule has 0 unspecified atom stereocenters. The third-order valence-corrected chi connectivity index (χ3v) is 3.19. The summed E-state index contributed by atoms with van der Waals surface area (Å²) in [5.74, 6) is 0.453. The number of hydrogen-bond acceptors (Lipinski definition) is 2. The fourth-order valence-corrected chi connectivity index (χ4v) is 2.17. The van der Waals surface area contributed by atoms with Gasteiger partial charge in [0.05, 0.1) is 0 Å². The van der Waals surface area contributed by atoms with Crippen LogP contribution < -0.4 is 0 Å². The van der Waals surface area contributed by atoms with Crippen LogP contribution in [0.1, 0.15) is 29.5 Å². The van der Waals surface area contributed by atoms with Crippen LogP contribution in [0.25, 0.3) is 0 Å². The van der Waals surface area contributed by atoms with Gasteiger partial charge in [-0.15, -0.1) is 0 Å². The van der Waals surface area contributed by atoms with E-state index in [0.717, 1.165) is 17.4 Å². The first-order chi connectivity index (χ1) is 8.24. The maximum atomic E-state index is 12.3. The minimum absolute atomic E-state index is 0.0454. The zero-order valence-electron chi connectivity index (χ0n) is 9.56. The zero-order chi connectivity index (χ0) is 12.3. The number of carbonyl (C=O) groups excluding carboxylic acids is 1. The van der Waals surface area contributed by atoms with Crippen LogP contribution in [0.3, 0.4) is 0 Å². The van der Waals surface area contributed by atoms with Crippen molar-refractivity contribution < 1.29 is 4.79 Å². The van der Waals surface area contributed by atoms with E-state index in [2.05, 4.69) is 27.8 Å². The van der Waals surface area contributed by atoms with Crippen LogP contribution in [0.2, 0.25) is 0 Å². The smallest absolute Gasteiger partial charge is 0.229 e. The average Bonchev–Trinajstić information content (AvgIpc) is 2.78. The molecular weight excluding hydrogens is 280 g/mol. The summed E-state index contributed by atoms with van der Waals surface area (Å²) >= 11 is 3.39. The van der Waals surface area contributed by atoms with E-state index in [1.54, 1.807) is 12.3 Å². The van der Waals surface area contributed by atoms with Gasteiger partial charge in [0, 0.05) is 29.0 Å². The molecule has 2 rings (SSSR count). The second kappa shape index (κ2) is 5.27. The van der Waals surface area contributed by atoms with Gasteiger partial charge >= 0.3 is 0 Å². The molecule has 0 saturated carbocycles. The molecule has 2 aromatic rings. The molecule has 88 valence electrons. The van der Waals surface area contributed by atoms with E-state index >= 15 is 0 Å². The molecule has 1 heterocycles. The molecule has 0 aliphatic heterocycles. The molecule has 0 bridgehead atoms. The van der Waals surface area contributed by atoms with Crippen molar-refractivity contribution in [1.29, 1.82) is 0 Å². The van der Waals surface area contributed by atoms with E-state index in [0.29, 0.717) is 11.4 Å². The lowest BCUT2D eigenvalue weighted by Gasteiger charge is -2.06. The Bertz CT molecular complexity index is 534. The van der Waals surface area contributed by atoms with E-state index in [4.69, 9.17) is 0 Å². The van der Waals surface area contributed by atoms with Crippen molar-refractivity contribution in [2.75, 3.05) is 0 Å². The second-order valence-corrected chi connectivity index (χ2v) is 4.61. The Kier molecular flexibility index (Phi) is 3.74. The summed E-state index contributed by atoms with van der Waals surface area (Å²) in [4.78, 5) is 16.5. The van der Waals surface area contributed by atoms with Gasteiger partial charge in [-0.2, -0.15) is 0 Å². The lowest BCUT2D eigenvalue weighted by Crippen LogP contribution is -2.11. The zero-order valence-corrected chi connectivity index (χ0v) is 11.1. The Morgan fingerprint density at radius 1 is 1.41 bits per heavy atom. The monoisotopic (exact) mass is 292 g/mol. The predicted octanol–water partition coefficient (Wildman–Crippen LogP) is 3.29. The van der Waals surface area contributed by atoms with Gasteiger partial charge in [-0.05, 0) is 18.6 Å². The second-order valence-electron chi connectivity index (χ2n) is 3.75. The summed E-state index contributed by atoms with van der Waals surface area (Å²) in [5, 5.41) is 0. The summed E-state index contributed by atoms with van der Waals surface area (Å²) in [6.45, 7) is 2.89. The maximum absolute atomic E-state index is 12.3. The van der Waals surface area contributed by atoms with Gasteiger partial charge in [0.2, 0.25) is 5.78 Å². The van der Waals surface area contributed by atoms with Crippen molar-refractivity contribution >= 4 is 21.7 Å². The van der Waals surface area contributed by atoms with Crippen molar-refractivity contribution in [2.45, 2.75) is 19.9 Å². The molecule has 1 aromatic heterocycles. The summed E-state index contributed by atoms with van der Waals surface area (Å²) in [6.07, 6.45) is 4.49. The van der Waals surface area contributed by atoms with E-state index in [1.807, 2.05) is 29.0 Å². The first-order valence-corrected chi connectivity index (χ1v) is 6.33. The largest absolute Gasteiger partial charge is 0.328 e. The van der Waals surface area contributed by atoms with E-state index in [-0.39, 0.29) is 5.78 Å². The molecule has 0 aliphatic rings. The summed E-state index contributed by atoms with van der Waals surface area (Å²) in [7, 11) is 0. The predicted molar refractivity (Wildman–Crippen MR) is 70.1 cm³/mol. The van der Waals surface area contributed by atoms with Gasteiger partial charge in [0.25, 0.3) is 0 Å². The molecule has 0 saturated heterocycles. The van der Waals surface area contributed by atoms with E-state index in [1.165, 1.54) is 0 Å². The number of benzene rings is 1. The van der Waals surface area contributed by atoms with Gasteiger partial charge < -0.3 is 4.57 Å². The molecule has 17 heavy (non-hydrogen) atoms. The lowest BCUT2D eigenvalue weighted by atomic mass is 10.1. The van der Waals surface area contributed by atoms with Crippen LogP contribution in [0, 0.1) is 0 Å². The highest BCUT2D eigenvalue weighted by Crippen LogP contribution is 2.19. The van der Waals surface area contributed by atoms with Crippen LogP contribution in [0.15, 0.2) is 41.1 Å². The third-order valence-electron chi connectivity index (χ3n) is 2.50.